The van der Waals surface area contributed by atoms with Crippen LogP contribution in [-0.4, -0.2) is 79.2 Å². The number of hydrogen-bond acceptors (Lipinski definition) is 9. The van der Waals surface area contributed by atoms with Crippen LogP contribution in [0.5, 0.6) is 0 Å². The summed E-state index contributed by atoms with van der Waals surface area (Å²) in [6, 6.07) is 25.7. The summed E-state index contributed by atoms with van der Waals surface area (Å²) in [6.45, 7) is 4.19. The molecule has 10 nitrogen and oxygen atoms in total. The molecule has 5 rings (SSSR count). The minimum atomic E-state index is -0.759. The van der Waals surface area contributed by atoms with E-state index >= 15 is 0 Å². The van der Waals surface area contributed by atoms with Gasteiger partial charge in [-0.3, -0.25) is 24.3 Å². The largest absolute Gasteiger partial charge is 0.461 e. The van der Waals surface area contributed by atoms with Crippen LogP contribution in [-0.2, 0) is 43.6 Å². The van der Waals surface area contributed by atoms with E-state index < -0.39 is 18.0 Å². The minimum Gasteiger partial charge on any atom is -0.461 e. The fourth-order valence-corrected chi connectivity index (χ4v) is 5.33. The summed E-state index contributed by atoms with van der Waals surface area (Å²) in [7, 11) is 0. The third kappa shape index (κ3) is 8.41. The first-order valence-corrected chi connectivity index (χ1v) is 14.6. The van der Waals surface area contributed by atoms with Crippen LogP contribution >= 0.6 is 0 Å². The van der Waals surface area contributed by atoms with Crippen molar-refractivity contribution in [3.8, 4) is 0 Å². The molecule has 2 fully saturated rings. The molecule has 0 saturated carbocycles. The van der Waals surface area contributed by atoms with Crippen LogP contribution in [0.25, 0.3) is 0 Å². The highest BCUT2D eigenvalue weighted by Crippen LogP contribution is 2.23. The zero-order valence-corrected chi connectivity index (χ0v) is 24.2. The van der Waals surface area contributed by atoms with E-state index in [-0.39, 0.29) is 31.8 Å². The van der Waals surface area contributed by atoms with Gasteiger partial charge in [0.2, 0.25) is 0 Å². The number of piperazine rings is 1. The molecule has 0 radical (unpaired) electrons. The number of cyclic esters (lactones) is 1. The van der Waals surface area contributed by atoms with Crippen molar-refractivity contribution in [2.45, 2.75) is 38.3 Å². The van der Waals surface area contributed by atoms with E-state index in [2.05, 4.69) is 4.90 Å². The van der Waals surface area contributed by atoms with Gasteiger partial charge < -0.3 is 19.9 Å². The van der Waals surface area contributed by atoms with Gasteiger partial charge in [-0.05, 0) is 28.8 Å². The maximum Gasteiger partial charge on any atom is 0.414 e. The summed E-state index contributed by atoms with van der Waals surface area (Å²) >= 11 is 0. The zero-order chi connectivity index (χ0) is 30.0. The maximum atomic E-state index is 13.3. The van der Waals surface area contributed by atoms with E-state index in [1.807, 2.05) is 89.8 Å². The topological polar surface area (TPSA) is 115 Å². The highest BCUT2D eigenvalue weighted by atomic mass is 16.6. The molecular formula is C33H38N4O6. The van der Waals surface area contributed by atoms with Crippen molar-refractivity contribution in [2.75, 3.05) is 44.2 Å². The molecule has 3 aromatic carbocycles. The molecule has 226 valence electrons. The van der Waals surface area contributed by atoms with Gasteiger partial charge in [0.05, 0.1) is 13.0 Å². The van der Waals surface area contributed by atoms with Crippen molar-refractivity contribution in [1.29, 1.82) is 0 Å². The number of rotatable bonds is 12. The van der Waals surface area contributed by atoms with Crippen LogP contribution in [0.3, 0.4) is 0 Å². The molecule has 1 amide bonds. The SMILES string of the molecule is NCc1ccc(N2CC(CN3CCN([C@H](CC(=O)OCc4ccccc4)C(=O)OCc4ccccc4)CC3)OC2=O)cc1. The van der Waals surface area contributed by atoms with Gasteiger partial charge in [-0.2, -0.15) is 0 Å². The summed E-state index contributed by atoms with van der Waals surface area (Å²) in [5.74, 6) is -0.902. The summed E-state index contributed by atoms with van der Waals surface area (Å²) in [5.41, 5.74) is 9.23. The lowest BCUT2D eigenvalue weighted by atomic mass is 10.1. The summed E-state index contributed by atoms with van der Waals surface area (Å²) in [5, 5.41) is 0. The van der Waals surface area contributed by atoms with E-state index in [0.29, 0.717) is 45.8 Å². The number of carbonyl (C=O) groups excluding carboxylic acids is 3. The van der Waals surface area contributed by atoms with E-state index in [9.17, 15) is 14.4 Å². The highest BCUT2D eigenvalue weighted by molar-refractivity contribution is 5.89. The van der Waals surface area contributed by atoms with Gasteiger partial charge in [-0.15, -0.1) is 0 Å². The maximum absolute atomic E-state index is 13.3. The molecule has 0 aromatic heterocycles. The quantitative estimate of drug-likeness (QED) is 0.252. The standard InChI is InChI=1S/C33H38N4O6/c34-20-25-11-13-28(14-12-25)37-22-29(43-33(37)40)21-35-15-17-36(18-16-35)30(32(39)42-24-27-9-5-2-6-10-27)19-31(38)41-23-26-7-3-1-4-8-26/h1-14,29-30H,15-24,34H2/t29?,30-/m1/s1. The van der Waals surface area contributed by atoms with Crippen LogP contribution < -0.4 is 10.6 Å². The predicted octanol–water partition coefficient (Wildman–Crippen LogP) is 3.33. The number of benzene rings is 3. The third-order valence-electron chi connectivity index (χ3n) is 7.77. The fraction of sp³-hybridized carbons (Fsp3) is 0.364. The number of carbonyl (C=O) groups is 3. The van der Waals surface area contributed by atoms with Crippen molar-refractivity contribution in [1.82, 2.24) is 9.80 Å². The Balaban J connectivity index is 1.15. The average molecular weight is 587 g/mol. The lowest BCUT2D eigenvalue weighted by Gasteiger charge is -2.38. The van der Waals surface area contributed by atoms with Crippen molar-refractivity contribution in [3.63, 3.8) is 0 Å². The molecule has 2 aliphatic heterocycles. The molecule has 0 bridgehead atoms. The summed E-state index contributed by atoms with van der Waals surface area (Å²) < 4.78 is 16.8. The monoisotopic (exact) mass is 586 g/mol. The molecular weight excluding hydrogens is 548 g/mol. The average Bonchev–Trinajstić information content (AvgIpc) is 3.42. The van der Waals surface area contributed by atoms with Gasteiger partial charge in [-0.1, -0.05) is 72.8 Å². The molecule has 2 atom stereocenters. The lowest BCUT2D eigenvalue weighted by Crippen LogP contribution is -2.54. The second kappa shape index (κ2) is 14.8. The lowest BCUT2D eigenvalue weighted by molar-refractivity contribution is -0.159. The molecule has 2 aliphatic rings. The molecule has 2 heterocycles. The van der Waals surface area contributed by atoms with Crippen molar-refractivity contribution >= 4 is 23.7 Å². The molecule has 1 unspecified atom stereocenters. The molecule has 2 N–H and O–H groups in total. The summed E-state index contributed by atoms with van der Waals surface area (Å²) in [4.78, 5) is 44.5. The van der Waals surface area contributed by atoms with Crippen molar-refractivity contribution in [3.05, 3.63) is 102 Å². The first-order valence-electron chi connectivity index (χ1n) is 14.6. The molecule has 0 aliphatic carbocycles. The van der Waals surface area contributed by atoms with E-state index in [4.69, 9.17) is 19.9 Å². The van der Waals surface area contributed by atoms with Crippen LogP contribution in [0, 0.1) is 0 Å². The van der Waals surface area contributed by atoms with Gasteiger partial charge in [0.15, 0.2) is 0 Å². The molecule has 10 heteroatoms. The van der Waals surface area contributed by atoms with Gasteiger partial charge in [0.25, 0.3) is 0 Å². The highest BCUT2D eigenvalue weighted by Gasteiger charge is 2.36. The van der Waals surface area contributed by atoms with E-state index in [1.165, 1.54) is 0 Å². The minimum absolute atomic E-state index is 0.0986. The van der Waals surface area contributed by atoms with E-state index in [1.54, 1.807) is 4.90 Å². The Kier molecular flexibility index (Phi) is 10.4. The Morgan fingerprint density at radius 2 is 1.42 bits per heavy atom. The number of nitrogens with two attached hydrogens (primary N) is 1. The number of anilines is 1. The van der Waals surface area contributed by atoms with Crippen LogP contribution in [0.15, 0.2) is 84.9 Å². The second-order valence-corrected chi connectivity index (χ2v) is 10.8. The Morgan fingerprint density at radius 3 is 2.02 bits per heavy atom. The smallest absolute Gasteiger partial charge is 0.414 e. The first kappa shape index (κ1) is 30.2. The fourth-order valence-electron chi connectivity index (χ4n) is 5.33. The third-order valence-corrected chi connectivity index (χ3v) is 7.77. The number of amides is 1. The van der Waals surface area contributed by atoms with Gasteiger partial charge in [0, 0.05) is 45.0 Å². The molecule has 0 spiro atoms. The Bertz CT molecular complexity index is 1350. The van der Waals surface area contributed by atoms with Crippen LogP contribution in [0.1, 0.15) is 23.1 Å². The number of ether oxygens (including phenoxy) is 3. The second-order valence-electron chi connectivity index (χ2n) is 10.8. The Hall–Kier alpha value is -4.25. The zero-order valence-electron chi connectivity index (χ0n) is 24.2. The molecule has 2 saturated heterocycles. The Morgan fingerprint density at radius 1 is 0.814 bits per heavy atom. The van der Waals surface area contributed by atoms with Gasteiger partial charge in [-0.25, -0.2) is 4.79 Å². The summed E-state index contributed by atoms with van der Waals surface area (Å²) in [6.07, 6.45) is -0.731. The van der Waals surface area contributed by atoms with Crippen molar-refractivity contribution < 1.29 is 28.6 Å². The number of nitrogens with zero attached hydrogens (tertiary/aromatic N) is 3. The van der Waals surface area contributed by atoms with E-state index in [0.717, 1.165) is 22.4 Å². The van der Waals surface area contributed by atoms with Crippen LogP contribution in [0.2, 0.25) is 0 Å². The van der Waals surface area contributed by atoms with Gasteiger partial charge in [0.1, 0.15) is 25.4 Å². The Labute approximate surface area is 251 Å². The normalized spacial score (nSPS) is 18.2. The van der Waals surface area contributed by atoms with Crippen LogP contribution in [0.4, 0.5) is 10.5 Å². The first-order chi connectivity index (χ1) is 21.0. The molecule has 3 aromatic rings. The molecule has 43 heavy (non-hydrogen) atoms. The predicted molar refractivity (Wildman–Crippen MR) is 161 cm³/mol. The van der Waals surface area contributed by atoms with Crippen molar-refractivity contribution in [2.24, 2.45) is 5.73 Å². The van der Waals surface area contributed by atoms with Gasteiger partial charge >= 0.3 is 18.0 Å². The number of esters is 2. The number of hydrogen-bond donors (Lipinski definition) is 1.